The van der Waals surface area contributed by atoms with E-state index in [2.05, 4.69) is 12.5 Å². The summed E-state index contributed by atoms with van der Waals surface area (Å²) in [5.74, 6) is -0.395. The van der Waals surface area contributed by atoms with Crippen molar-refractivity contribution >= 4 is 27.5 Å². The van der Waals surface area contributed by atoms with Crippen LogP contribution in [0, 0.1) is 0 Å². The molecule has 9 heteroatoms. The van der Waals surface area contributed by atoms with Gasteiger partial charge in [-0.3, -0.25) is 10.2 Å². The third-order valence-electron chi connectivity index (χ3n) is 4.46. The lowest BCUT2D eigenvalue weighted by Crippen LogP contribution is -3.12. The van der Waals surface area contributed by atoms with E-state index in [1.165, 1.54) is 34.5 Å². The molecule has 1 amide bonds. The number of piperazine rings is 1. The number of rotatable bonds is 5. The highest BCUT2D eigenvalue weighted by molar-refractivity contribution is 7.89. The van der Waals surface area contributed by atoms with Gasteiger partial charge in [-0.15, -0.1) is 0 Å². The van der Waals surface area contributed by atoms with Gasteiger partial charge < -0.3 is 4.90 Å². The van der Waals surface area contributed by atoms with Gasteiger partial charge in [0.25, 0.3) is 5.91 Å². The van der Waals surface area contributed by atoms with Crippen LogP contribution in [0.5, 0.6) is 0 Å². The summed E-state index contributed by atoms with van der Waals surface area (Å²) in [6.07, 6.45) is 0. The normalized spacial score (nSPS) is 17.2. The monoisotopic (exact) mass is 389 g/mol. The van der Waals surface area contributed by atoms with Crippen LogP contribution in [0.15, 0.2) is 23.1 Å². The number of quaternary nitrogens is 1. The number of nitrogens with zero attached hydrogens (tertiary/aromatic N) is 2. The van der Waals surface area contributed by atoms with E-state index >= 15 is 0 Å². The van der Waals surface area contributed by atoms with Crippen LogP contribution in [0.3, 0.4) is 0 Å². The lowest BCUT2D eigenvalue weighted by Gasteiger charge is -2.30. The van der Waals surface area contributed by atoms with Gasteiger partial charge >= 0.3 is 0 Å². The number of hydrogen-bond acceptors (Lipinski definition) is 4. The SMILES string of the molecule is CC(C)N(C)S(=O)(=O)c1ccc(Cl)c(C(=O)NN2CC[NH+](C)CC2)c1. The largest absolute Gasteiger partial charge is 0.335 e. The molecule has 0 aliphatic carbocycles. The summed E-state index contributed by atoms with van der Waals surface area (Å²) in [5, 5.41) is 2.07. The number of hydrazine groups is 1. The van der Waals surface area contributed by atoms with Gasteiger partial charge in [0.15, 0.2) is 0 Å². The van der Waals surface area contributed by atoms with Crippen LogP contribution in [-0.2, 0) is 10.0 Å². The zero-order chi connectivity index (χ0) is 18.8. The van der Waals surface area contributed by atoms with Gasteiger partial charge in [-0.25, -0.2) is 13.4 Å². The molecular formula is C16H26ClN4O3S+. The Kier molecular flexibility index (Phi) is 6.45. The minimum Gasteiger partial charge on any atom is -0.335 e. The molecule has 2 rings (SSSR count). The number of sulfonamides is 1. The van der Waals surface area contributed by atoms with Crippen molar-refractivity contribution < 1.29 is 18.1 Å². The van der Waals surface area contributed by atoms with Gasteiger partial charge in [0, 0.05) is 13.1 Å². The average Bonchev–Trinajstić information content (AvgIpc) is 2.56. The maximum absolute atomic E-state index is 12.6. The van der Waals surface area contributed by atoms with Crippen molar-refractivity contribution in [1.82, 2.24) is 14.7 Å². The molecule has 0 atom stereocenters. The average molecular weight is 390 g/mol. The molecule has 7 nitrogen and oxygen atoms in total. The Morgan fingerprint density at radius 1 is 1.32 bits per heavy atom. The fourth-order valence-corrected chi connectivity index (χ4v) is 4.08. The van der Waals surface area contributed by atoms with Crippen LogP contribution < -0.4 is 10.3 Å². The van der Waals surface area contributed by atoms with Crippen LogP contribution in [0.2, 0.25) is 5.02 Å². The zero-order valence-corrected chi connectivity index (χ0v) is 16.6. The molecule has 1 saturated heterocycles. The second-order valence-corrected chi connectivity index (χ2v) is 9.05. The first-order valence-electron chi connectivity index (χ1n) is 8.27. The molecule has 25 heavy (non-hydrogen) atoms. The number of nitrogens with one attached hydrogen (secondary N) is 2. The van der Waals surface area contributed by atoms with Crippen molar-refractivity contribution in [3.05, 3.63) is 28.8 Å². The van der Waals surface area contributed by atoms with Gasteiger partial charge in [0.2, 0.25) is 10.0 Å². The van der Waals surface area contributed by atoms with Gasteiger partial charge in [-0.1, -0.05) is 11.6 Å². The summed E-state index contributed by atoms with van der Waals surface area (Å²) >= 11 is 6.13. The number of halogens is 1. The molecule has 0 spiro atoms. The highest BCUT2D eigenvalue weighted by Crippen LogP contribution is 2.23. The molecule has 140 valence electrons. The summed E-state index contributed by atoms with van der Waals surface area (Å²) in [5.41, 5.74) is 2.97. The van der Waals surface area contributed by atoms with Crippen molar-refractivity contribution in [2.45, 2.75) is 24.8 Å². The summed E-state index contributed by atoms with van der Waals surface area (Å²) in [4.78, 5) is 14.0. The Bertz CT molecular complexity index is 731. The summed E-state index contributed by atoms with van der Waals surface area (Å²) in [7, 11) is -0.0521. The summed E-state index contributed by atoms with van der Waals surface area (Å²) in [6, 6.07) is 4.02. The fraction of sp³-hybridized carbons (Fsp3) is 0.562. The van der Waals surface area contributed by atoms with Crippen molar-refractivity contribution in [1.29, 1.82) is 0 Å². The third kappa shape index (κ3) is 4.71. The Morgan fingerprint density at radius 3 is 2.48 bits per heavy atom. The van der Waals surface area contributed by atoms with E-state index in [0.717, 1.165) is 26.2 Å². The molecule has 0 unspecified atom stereocenters. The van der Waals surface area contributed by atoms with E-state index in [9.17, 15) is 13.2 Å². The van der Waals surface area contributed by atoms with Crippen LogP contribution in [0.4, 0.5) is 0 Å². The zero-order valence-electron chi connectivity index (χ0n) is 15.0. The van der Waals surface area contributed by atoms with E-state index in [1.807, 2.05) is 5.01 Å². The Labute approximate surface area is 154 Å². The molecule has 0 aromatic heterocycles. The second kappa shape index (κ2) is 8.01. The maximum Gasteiger partial charge on any atom is 0.267 e. The van der Waals surface area contributed by atoms with E-state index in [0.29, 0.717) is 0 Å². The fourth-order valence-electron chi connectivity index (χ4n) is 2.49. The molecule has 1 heterocycles. The molecular weight excluding hydrogens is 364 g/mol. The number of carbonyl (C=O) groups is 1. The highest BCUT2D eigenvalue weighted by atomic mass is 35.5. The van der Waals surface area contributed by atoms with E-state index in [1.54, 1.807) is 13.8 Å². The minimum atomic E-state index is -3.67. The summed E-state index contributed by atoms with van der Waals surface area (Å²) < 4.78 is 26.5. The molecule has 1 aromatic carbocycles. The predicted octanol–water partition coefficient (Wildman–Crippen LogP) is -0.156. The Balaban J connectivity index is 2.22. The number of benzene rings is 1. The second-order valence-electron chi connectivity index (χ2n) is 6.64. The maximum atomic E-state index is 12.6. The molecule has 1 fully saturated rings. The topological polar surface area (TPSA) is 74.2 Å². The first-order chi connectivity index (χ1) is 11.6. The van der Waals surface area contributed by atoms with Gasteiger partial charge in [-0.05, 0) is 32.0 Å². The number of carbonyl (C=O) groups excluding carboxylic acids is 1. The van der Waals surface area contributed by atoms with Crippen LogP contribution in [-0.4, -0.2) is 70.0 Å². The number of amides is 1. The molecule has 0 bridgehead atoms. The van der Waals surface area contributed by atoms with Crippen molar-refractivity contribution in [2.75, 3.05) is 40.3 Å². The molecule has 1 aromatic rings. The molecule has 0 saturated carbocycles. The molecule has 1 aliphatic rings. The molecule has 2 N–H and O–H groups in total. The highest BCUT2D eigenvalue weighted by Gasteiger charge is 2.26. The molecule has 0 radical (unpaired) electrons. The van der Waals surface area contributed by atoms with Crippen molar-refractivity contribution in [3.8, 4) is 0 Å². The number of likely N-dealkylation sites (N-methyl/N-ethyl adjacent to an activating group) is 1. The van der Waals surface area contributed by atoms with Gasteiger partial charge in [-0.2, -0.15) is 4.31 Å². The first-order valence-corrected chi connectivity index (χ1v) is 10.1. The minimum absolute atomic E-state index is 0.0565. The predicted molar refractivity (Wildman–Crippen MR) is 97.2 cm³/mol. The van der Waals surface area contributed by atoms with E-state index in [4.69, 9.17) is 11.6 Å². The first kappa shape index (κ1) is 20.1. The van der Waals surface area contributed by atoms with Gasteiger partial charge in [0.1, 0.15) is 0 Å². The Hall–Kier alpha value is -1.19. The van der Waals surface area contributed by atoms with Crippen molar-refractivity contribution in [3.63, 3.8) is 0 Å². The van der Waals surface area contributed by atoms with E-state index < -0.39 is 15.9 Å². The standard InChI is InChI=1S/C16H25ClN4O3S/c1-12(2)20(4)25(23,24)13-5-6-15(17)14(11-13)16(22)18-21-9-7-19(3)8-10-21/h5-6,11-12H,7-10H2,1-4H3,(H,18,22)/p+1. The van der Waals surface area contributed by atoms with Crippen LogP contribution >= 0.6 is 11.6 Å². The third-order valence-corrected chi connectivity index (χ3v) is 6.82. The van der Waals surface area contributed by atoms with Crippen molar-refractivity contribution in [2.24, 2.45) is 0 Å². The lowest BCUT2D eigenvalue weighted by atomic mass is 10.2. The quantitative estimate of drug-likeness (QED) is 0.734. The van der Waals surface area contributed by atoms with Crippen LogP contribution in [0.1, 0.15) is 24.2 Å². The Morgan fingerprint density at radius 2 is 1.92 bits per heavy atom. The smallest absolute Gasteiger partial charge is 0.267 e. The van der Waals surface area contributed by atoms with E-state index in [-0.39, 0.29) is 21.5 Å². The van der Waals surface area contributed by atoms with Gasteiger partial charge in [0.05, 0.1) is 48.7 Å². The van der Waals surface area contributed by atoms with Crippen LogP contribution in [0.25, 0.3) is 0 Å². The lowest BCUT2D eigenvalue weighted by molar-refractivity contribution is -0.884. The summed E-state index contributed by atoms with van der Waals surface area (Å²) in [6.45, 7) is 6.92. The molecule has 1 aliphatic heterocycles. The number of hydrogen-bond donors (Lipinski definition) is 2.